The first-order valence-electron chi connectivity index (χ1n) is 8.45. The highest BCUT2D eigenvalue weighted by Crippen LogP contribution is 2.39. The number of aliphatic carboxylic acids is 1. The van der Waals surface area contributed by atoms with Crippen LogP contribution in [0.15, 0.2) is 24.3 Å². The fourth-order valence-electron chi connectivity index (χ4n) is 4.11. The quantitative estimate of drug-likeness (QED) is 0.852. The number of rotatable bonds is 5. The first-order chi connectivity index (χ1) is 11.1. The molecule has 1 aromatic rings. The van der Waals surface area contributed by atoms with Crippen LogP contribution in [-0.2, 0) is 16.0 Å². The molecule has 1 aromatic carbocycles. The Bertz CT molecular complexity index is 593. The van der Waals surface area contributed by atoms with Gasteiger partial charge in [-0.2, -0.15) is 0 Å². The Morgan fingerprint density at radius 3 is 2.79 bits per heavy atom. The van der Waals surface area contributed by atoms with Crippen molar-refractivity contribution >= 4 is 24.3 Å². The summed E-state index contributed by atoms with van der Waals surface area (Å²) in [6.07, 6.45) is 5.76. The van der Waals surface area contributed by atoms with E-state index in [0.717, 1.165) is 25.8 Å². The van der Waals surface area contributed by atoms with Crippen LogP contribution in [0.3, 0.4) is 0 Å². The van der Waals surface area contributed by atoms with Gasteiger partial charge in [-0.1, -0.05) is 24.3 Å². The van der Waals surface area contributed by atoms with E-state index in [1.807, 2.05) is 0 Å². The largest absolute Gasteiger partial charge is 0.480 e. The maximum Gasteiger partial charge on any atom is 0.322 e. The number of carbonyl (C=O) groups excluding carboxylic acids is 1. The molecule has 132 valence electrons. The van der Waals surface area contributed by atoms with Crippen LogP contribution >= 0.6 is 12.4 Å². The summed E-state index contributed by atoms with van der Waals surface area (Å²) >= 11 is 0. The van der Waals surface area contributed by atoms with Gasteiger partial charge in [0.1, 0.15) is 6.54 Å². The van der Waals surface area contributed by atoms with Gasteiger partial charge < -0.3 is 10.4 Å². The summed E-state index contributed by atoms with van der Waals surface area (Å²) < 4.78 is 0. The van der Waals surface area contributed by atoms with Crippen molar-refractivity contribution in [2.75, 3.05) is 19.6 Å². The highest BCUT2D eigenvalue weighted by Gasteiger charge is 2.35. The molecule has 5 nitrogen and oxygen atoms in total. The Balaban J connectivity index is 0.00000208. The van der Waals surface area contributed by atoms with Crippen LogP contribution in [0.5, 0.6) is 0 Å². The van der Waals surface area contributed by atoms with Crippen molar-refractivity contribution in [1.82, 2.24) is 10.2 Å². The molecule has 2 N–H and O–H groups in total. The molecular weight excluding hydrogens is 328 g/mol. The molecule has 2 unspecified atom stereocenters. The standard InChI is InChI=1S/C18H24N2O3.ClH/c21-17(19-11-18(22)23)12-20-10-4-9-16(20)15-8-3-6-13-5-1-2-7-14(13)15;/h1-2,5,7,15-16H,3-4,6,8-12H2,(H,19,21)(H,22,23);1H. The fraction of sp³-hybridized carbons (Fsp3) is 0.556. The summed E-state index contributed by atoms with van der Waals surface area (Å²) in [5.74, 6) is -0.698. The van der Waals surface area contributed by atoms with Crippen LogP contribution in [0.2, 0.25) is 0 Å². The zero-order valence-electron chi connectivity index (χ0n) is 13.7. The molecule has 0 aromatic heterocycles. The maximum absolute atomic E-state index is 12.0. The molecule has 1 heterocycles. The minimum Gasteiger partial charge on any atom is -0.480 e. The summed E-state index contributed by atoms with van der Waals surface area (Å²) in [5, 5.41) is 11.1. The SMILES string of the molecule is Cl.O=C(O)CNC(=O)CN1CCCC1C1CCCc2ccccc21. The molecular formula is C18H25ClN2O3. The Morgan fingerprint density at radius 1 is 1.21 bits per heavy atom. The Morgan fingerprint density at radius 2 is 2.00 bits per heavy atom. The Labute approximate surface area is 148 Å². The van der Waals surface area contributed by atoms with Gasteiger partial charge in [0, 0.05) is 6.04 Å². The van der Waals surface area contributed by atoms with Crippen molar-refractivity contribution < 1.29 is 14.7 Å². The summed E-state index contributed by atoms with van der Waals surface area (Å²) in [7, 11) is 0. The molecule has 0 bridgehead atoms. The normalized spacial score (nSPS) is 23.2. The highest BCUT2D eigenvalue weighted by atomic mass is 35.5. The van der Waals surface area contributed by atoms with E-state index < -0.39 is 5.97 Å². The Kier molecular flexibility index (Phi) is 6.63. The van der Waals surface area contributed by atoms with Crippen LogP contribution in [-0.4, -0.2) is 47.6 Å². The highest BCUT2D eigenvalue weighted by molar-refractivity contribution is 5.85. The number of hydrogen-bond donors (Lipinski definition) is 2. The first-order valence-corrected chi connectivity index (χ1v) is 8.45. The van der Waals surface area contributed by atoms with Gasteiger partial charge in [-0.25, -0.2) is 0 Å². The van der Waals surface area contributed by atoms with Gasteiger partial charge in [-0.15, -0.1) is 12.4 Å². The number of aryl methyl sites for hydroxylation is 1. The van der Waals surface area contributed by atoms with Gasteiger partial charge in [-0.05, 0) is 55.7 Å². The summed E-state index contributed by atoms with van der Waals surface area (Å²) in [6, 6.07) is 9.07. The van der Waals surface area contributed by atoms with E-state index in [1.54, 1.807) is 0 Å². The molecule has 1 aliphatic heterocycles. The fourth-order valence-corrected chi connectivity index (χ4v) is 4.11. The lowest BCUT2D eigenvalue weighted by Crippen LogP contribution is -2.43. The number of fused-ring (bicyclic) bond motifs is 1. The van der Waals surface area contributed by atoms with Crippen molar-refractivity contribution in [3.8, 4) is 0 Å². The third kappa shape index (κ3) is 4.28. The van der Waals surface area contributed by atoms with E-state index in [0.29, 0.717) is 18.5 Å². The average molecular weight is 353 g/mol. The number of carboxylic acids is 1. The van der Waals surface area contributed by atoms with Crippen molar-refractivity contribution in [1.29, 1.82) is 0 Å². The number of benzene rings is 1. The number of amides is 1. The topological polar surface area (TPSA) is 69.6 Å². The van der Waals surface area contributed by atoms with Gasteiger partial charge in [0.15, 0.2) is 0 Å². The van der Waals surface area contributed by atoms with Crippen LogP contribution in [0.25, 0.3) is 0 Å². The molecule has 1 amide bonds. The van der Waals surface area contributed by atoms with Crippen LogP contribution in [0, 0.1) is 0 Å². The second kappa shape index (κ2) is 8.49. The van der Waals surface area contributed by atoms with E-state index in [2.05, 4.69) is 34.5 Å². The summed E-state index contributed by atoms with van der Waals surface area (Å²) in [6.45, 7) is 0.921. The lowest BCUT2D eigenvalue weighted by atomic mass is 9.78. The number of nitrogens with zero attached hydrogens (tertiary/aromatic N) is 1. The predicted molar refractivity (Wildman–Crippen MR) is 94.6 cm³/mol. The third-order valence-corrected chi connectivity index (χ3v) is 5.08. The Hall–Kier alpha value is -1.59. The third-order valence-electron chi connectivity index (χ3n) is 5.08. The number of likely N-dealkylation sites (tertiary alicyclic amines) is 1. The van der Waals surface area contributed by atoms with Crippen molar-refractivity contribution in [2.24, 2.45) is 0 Å². The molecule has 0 saturated carbocycles. The number of hydrogen-bond acceptors (Lipinski definition) is 3. The summed E-state index contributed by atoms with van der Waals surface area (Å²) in [4.78, 5) is 24.8. The summed E-state index contributed by atoms with van der Waals surface area (Å²) in [5.41, 5.74) is 2.90. The molecule has 0 radical (unpaired) electrons. The van der Waals surface area contributed by atoms with Gasteiger partial charge >= 0.3 is 5.97 Å². The molecule has 2 atom stereocenters. The number of halogens is 1. The van der Waals surface area contributed by atoms with E-state index in [-0.39, 0.29) is 24.9 Å². The lowest BCUT2D eigenvalue weighted by Gasteiger charge is -2.35. The van der Waals surface area contributed by atoms with E-state index >= 15 is 0 Å². The second-order valence-electron chi connectivity index (χ2n) is 6.55. The van der Waals surface area contributed by atoms with Gasteiger partial charge in [0.2, 0.25) is 5.91 Å². The number of carboxylic acid groups (broad SMARTS) is 1. The maximum atomic E-state index is 12.0. The molecule has 24 heavy (non-hydrogen) atoms. The smallest absolute Gasteiger partial charge is 0.322 e. The molecule has 1 aliphatic carbocycles. The average Bonchev–Trinajstić information content (AvgIpc) is 3.00. The number of carbonyl (C=O) groups is 2. The first kappa shape index (κ1) is 18.7. The van der Waals surface area contributed by atoms with Gasteiger partial charge in [-0.3, -0.25) is 14.5 Å². The van der Waals surface area contributed by atoms with E-state index in [4.69, 9.17) is 5.11 Å². The number of nitrogens with one attached hydrogen (secondary N) is 1. The van der Waals surface area contributed by atoms with Crippen LogP contribution < -0.4 is 5.32 Å². The molecule has 1 fully saturated rings. The molecule has 3 rings (SSSR count). The monoisotopic (exact) mass is 352 g/mol. The van der Waals surface area contributed by atoms with Crippen molar-refractivity contribution in [2.45, 2.75) is 44.1 Å². The predicted octanol–water partition coefficient (Wildman–Crippen LogP) is 2.19. The zero-order valence-corrected chi connectivity index (χ0v) is 14.6. The zero-order chi connectivity index (χ0) is 16.2. The molecule has 1 saturated heterocycles. The lowest BCUT2D eigenvalue weighted by molar-refractivity contribution is -0.138. The van der Waals surface area contributed by atoms with Crippen LogP contribution in [0.4, 0.5) is 0 Å². The van der Waals surface area contributed by atoms with Crippen molar-refractivity contribution in [3.63, 3.8) is 0 Å². The minimum atomic E-state index is -1.00. The van der Waals surface area contributed by atoms with Gasteiger partial charge in [0.25, 0.3) is 0 Å². The minimum absolute atomic E-state index is 0. The van der Waals surface area contributed by atoms with Crippen molar-refractivity contribution in [3.05, 3.63) is 35.4 Å². The molecule has 6 heteroatoms. The molecule has 0 spiro atoms. The second-order valence-corrected chi connectivity index (χ2v) is 6.55. The van der Waals surface area contributed by atoms with E-state index in [9.17, 15) is 9.59 Å². The molecule has 2 aliphatic rings. The van der Waals surface area contributed by atoms with Gasteiger partial charge in [0.05, 0.1) is 6.54 Å². The van der Waals surface area contributed by atoms with Crippen LogP contribution in [0.1, 0.15) is 42.7 Å². The van der Waals surface area contributed by atoms with E-state index in [1.165, 1.54) is 24.0 Å².